The van der Waals surface area contributed by atoms with Gasteiger partial charge in [-0.05, 0) is 30.3 Å². The molecule has 132 valence electrons. The lowest BCUT2D eigenvalue weighted by Gasteiger charge is -2.18. The van der Waals surface area contributed by atoms with E-state index in [0.717, 1.165) is 11.3 Å². The molecule has 26 heavy (non-hydrogen) atoms. The Labute approximate surface area is 164 Å². The molecule has 0 amide bonds. The standard InChI is InChI=1S/C19H14Cl2N2O2S/c20-13-5-3-11(4-6-13)17(22)16(18(24)12-2-1-9-23-10-12)19(25)14-7-8-15(21)26-14/h1-10,18,22,24-25H/b19-16+,22-17?. The highest BCUT2D eigenvalue weighted by molar-refractivity contribution is 7.17. The Bertz CT molecular complexity index is 953. The van der Waals surface area contributed by atoms with E-state index in [1.165, 1.54) is 6.20 Å². The van der Waals surface area contributed by atoms with E-state index in [9.17, 15) is 10.2 Å². The van der Waals surface area contributed by atoms with Crippen LogP contribution in [0.2, 0.25) is 9.36 Å². The predicted molar refractivity (Wildman–Crippen MR) is 106 cm³/mol. The Hall–Kier alpha value is -2.18. The Morgan fingerprint density at radius 1 is 1.08 bits per heavy atom. The predicted octanol–water partition coefficient (Wildman–Crippen LogP) is 5.52. The summed E-state index contributed by atoms with van der Waals surface area (Å²) in [7, 11) is 0. The van der Waals surface area contributed by atoms with Crippen LogP contribution in [-0.4, -0.2) is 20.9 Å². The Morgan fingerprint density at radius 3 is 2.38 bits per heavy atom. The SMILES string of the molecule is N=C(/C(=C(\O)c1ccc(Cl)s1)C(O)c1cccnc1)c1ccc(Cl)cc1. The first-order chi connectivity index (χ1) is 12.5. The summed E-state index contributed by atoms with van der Waals surface area (Å²) in [5, 5.41) is 30.7. The molecule has 0 bridgehead atoms. The van der Waals surface area contributed by atoms with Crippen LogP contribution in [-0.2, 0) is 0 Å². The lowest BCUT2D eigenvalue weighted by Crippen LogP contribution is -2.14. The number of benzene rings is 1. The van der Waals surface area contributed by atoms with Crippen LogP contribution in [0.25, 0.3) is 5.76 Å². The van der Waals surface area contributed by atoms with Gasteiger partial charge in [-0.15, -0.1) is 11.3 Å². The average molecular weight is 405 g/mol. The summed E-state index contributed by atoms with van der Waals surface area (Å²) in [6.45, 7) is 0. The lowest BCUT2D eigenvalue weighted by atomic mass is 9.93. The number of rotatable bonds is 5. The zero-order chi connectivity index (χ0) is 18.7. The topological polar surface area (TPSA) is 77.2 Å². The molecule has 1 aromatic carbocycles. The van der Waals surface area contributed by atoms with Gasteiger partial charge in [0.15, 0.2) is 0 Å². The van der Waals surface area contributed by atoms with Crippen LogP contribution in [0.1, 0.15) is 22.1 Å². The van der Waals surface area contributed by atoms with E-state index in [1.807, 2.05) is 0 Å². The molecule has 1 unspecified atom stereocenters. The number of nitrogens with zero attached hydrogens (tertiary/aromatic N) is 1. The molecule has 0 saturated heterocycles. The fourth-order valence-electron chi connectivity index (χ4n) is 2.44. The van der Waals surface area contributed by atoms with Gasteiger partial charge in [0.1, 0.15) is 11.9 Å². The van der Waals surface area contributed by atoms with Gasteiger partial charge in [-0.2, -0.15) is 0 Å². The van der Waals surface area contributed by atoms with Crippen molar-refractivity contribution in [2.75, 3.05) is 0 Å². The van der Waals surface area contributed by atoms with Gasteiger partial charge >= 0.3 is 0 Å². The summed E-state index contributed by atoms with van der Waals surface area (Å²) in [5.41, 5.74) is 1.04. The molecule has 3 N–H and O–H groups in total. The minimum Gasteiger partial charge on any atom is -0.506 e. The van der Waals surface area contributed by atoms with E-state index in [2.05, 4.69) is 4.98 Å². The molecular weight excluding hydrogens is 391 g/mol. The molecule has 2 aromatic heterocycles. The first kappa shape index (κ1) is 18.6. The molecule has 4 nitrogen and oxygen atoms in total. The molecule has 3 rings (SSSR count). The van der Waals surface area contributed by atoms with E-state index in [4.69, 9.17) is 28.6 Å². The summed E-state index contributed by atoms with van der Waals surface area (Å²) in [4.78, 5) is 4.46. The van der Waals surface area contributed by atoms with Crippen molar-refractivity contribution in [1.82, 2.24) is 4.98 Å². The van der Waals surface area contributed by atoms with Crippen LogP contribution in [0.4, 0.5) is 0 Å². The molecule has 0 aliphatic rings. The van der Waals surface area contributed by atoms with Crippen molar-refractivity contribution >= 4 is 46.0 Å². The molecule has 0 aliphatic heterocycles. The number of aliphatic hydroxyl groups excluding tert-OH is 2. The number of hydrogen-bond donors (Lipinski definition) is 3. The highest BCUT2D eigenvalue weighted by Gasteiger charge is 2.25. The van der Waals surface area contributed by atoms with Crippen LogP contribution >= 0.6 is 34.5 Å². The number of halogens is 2. The smallest absolute Gasteiger partial charge is 0.141 e. The quantitative estimate of drug-likeness (QED) is 0.386. The minimum absolute atomic E-state index is 0.0138. The molecular formula is C19H14Cl2N2O2S. The number of pyridine rings is 1. The van der Waals surface area contributed by atoms with Crippen molar-refractivity contribution < 1.29 is 10.2 Å². The van der Waals surface area contributed by atoms with E-state index in [-0.39, 0.29) is 17.0 Å². The van der Waals surface area contributed by atoms with Gasteiger partial charge in [0, 0.05) is 28.5 Å². The number of aromatic nitrogens is 1. The van der Waals surface area contributed by atoms with E-state index in [0.29, 0.717) is 25.4 Å². The van der Waals surface area contributed by atoms with Crippen molar-refractivity contribution in [3.05, 3.63) is 91.9 Å². The fraction of sp³-hybridized carbons (Fsp3) is 0.0526. The normalized spacial score (nSPS) is 13.2. The maximum absolute atomic E-state index is 10.9. The van der Waals surface area contributed by atoms with Gasteiger partial charge < -0.3 is 10.2 Å². The van der Waals surface area contributed by atoms with Crippen LogP contribution in [0.3, 0.4) is 0 Å². The second-order valence-electron chi connectivity index (χ2n) is 5.44. The summed E-state index contributed by atoms with van der Waals surface area (Å²) in [6, 6.07) is 13.3. The molecule has 0 spiro atoms. The first-order valence-electron chi connectivity index (χ1n) is 7.59. The van der Waals surface area contributed by atoms with Crippen LogP contribution in [0.5, 0.6) is 0 Å². The molecule has 0 aliphatic carbocycles. The molecule has 0 saturated carbocycles. The molecule has 7 heteroatoms. The van der Waals surface area contributed by atoms with Crippen molar-refractivity contribution in [1.29, 1.82) is 5.41 Å². The zero-order valence-corrected chi connectivity index (χ0v) is 15.7. The zero-order valence-electron chi connectivity index (χ0n) is 13.4. The third-order valence-corrected chi connectivity index (χ3v) is 5.23. The second kappa shape index (κ2) is 8.01. The van der Waals surface area contributed by atoms with Gasteiger partial charge in [0.05, 0.1) is 20.5 Å². The number of nitrogens with one attached hydrogen (secondary N) is 1. The van der Waals surface area contributed by atoms with E-state index >= 15 is 0 Å². The maximum atomic E-state index is 10.9. The van der Waals surface area contributed by atoms with E-state index in [1.54, 1.807) is 54.7 Å². The highest BCUT2D eigenvalue weighted by Crippen LogP contribution is 2.34. The average Bonchev–Trinajstić information content (AvgIpc) is 3.09. The number of hydrogen-bond acceptors (Lipinski definition) is 5. The van der Waals surface area contributed by atoms with Crippen LogP contribution < -0.4 is 0 Å². The summed E-state index contributed by atoms with van der Waals surface area (Å²) in [6.07, 6.45) is 1.85. The largest absolute Gasteiger partial charge is 0.506 e. The molecule has 0 radical (unpaired) electrons. The van der Waals surface area contributed by atoms with Crippen molar-refractivity contribution in [3.63, 3.8) is 0 Å². The van der Waals surface area contributed by atoms with Crippen LogP contribution in [0.15, 0.2) is 66.5 Å². The number of aliphatic hydroxyl groups is 2. The van der Waals surface area contributed by atoms with Gasteiger partial charge in [-0.3, -0.25) is 10.4 Å². The van der Waals surface area contributed by atoms with Gasteiger partial charge in [0.25, 0.3) is 0 Å². The Morgan fingerprint density at radius 2 is 1.81 bits per heavy atom. The third kappa shape index (κ3) is 3.97. The highest BCUT2D eigenvalue weighted by atomic mass is 35.5. The fourth-order valence-corrected chi connectivity index (χ4v) is 3.56. The Balaban J connectivity index is 2.12. The summed E-state index contributed by atoms with van der Waals surface area (Å²) < 4.78 is 0.500. The maximum Gasteiger partial charge on any atom is 0.141 e. The van der Waals surface area contributed by atoms with E-state index < -0.39 is 6.10 Å². The molecule has 0 fully saturated rings. The molecule has 2 heterocycles. The van der Waals surface area contributed by atoms with Gasteiger partial charge in [0.2, 0.25) is 0 Å². The number of thiophene rings is 1. The molecule has 1 atom stereocenters. The molecule has 3 aromatic rings. The van der Waals surface area contributed by atoms with Gasteiger partial charge in [-0.1, -0.05) is 41.4 Å². The first-order valence-corrected chi connectivity index (χ1v) is 9.16. The van der Waals surface area contributed by atoms with Crippen molar-refractivity contribution in [2.45, 2.75) is 6.10 Å². The van der Waals surface area contributed by atoms with Crippen molar-refractivity contribution in [2.24, 2.45) is 0 Å². The lowest BCUT2D eigenvalue weighted by molar-refractivity contribution is 0.219. The van der Waals surface area contributed by atoms with Gasteiger partial charge in [-0.25, -0.2) is 0 Å². The Kier molecular flexibility index (Phi) is 5.74. The summed E-state index contributed by atoms with van der Waals surface area (Å²) >= 11 is 13.0. The van der Waals surface area contributed by atoms with Crippen LogP contribution in [0, 0.1) is 5.41 Å². The van der Waals surface area contributed by atoms with Crippen molar-refractivity contribution in [3.8, 4) is 0 Å². The summed E-state index contributed by atoms with van der Waals surface area (Å²) in [5.74, 6) is -0.196. The second-order valence-corrected chi connectivity index (χ2v) is 7.59. The third-order valence-electron chi connectivity index (χ3n) is 3.74. The minimum atomic E-state index is -1.23. The monoisotopic (exact) mass is 404 g/mol.